The highest BCUT2D eigenvalue weighted by Gasteiger charge is 2.22. The number of unbranched alkanes of at least 4 members (excludes halogenated alkanes) is 12. The van der Waals surface area contributed by atoms with Crippen molar-refractivity contribution in [3.05, 3.63) is 131 Å². The normalized spacial score (nSPS) is 11.0. The van der Waals surface area contributed by atoms with Crippen LogP contribution in [-0.4, -0.2) is 5.78 Å². The summed E-state index contributed by atoms with van der Waals surface area (Å²) in [6, 6.07) is 33.8. The van der Waals surface area contributed by atoms with Gasteiger partial charge in [-0.2, -0.15) is 0 Å². The molecule has 0 bridgehead atoms. The number of hydrogen-bond donors (Lipinski definition) is 0. The van der Waals surface area contributed by atoms with Crippen LogP contribution in [0.5, 0.6) is 11.5 Å². The summed E-state index contributed by atoms with van der Waals surface area (Å²) in [5.41, 5.74) is 4.41. The van der Waals surface area contributed by atoms with Crippen LogP contribution < -0.4 is 9.47 Å². The van der Waals surface area contributed by atoms with Crippen molar-refractivity contribution < 1.29 is 14.3 Å². The number of carbonyl (C=O) groups excluding carboxylic acids is 1. The van der Waals surface area contributed by atoms with E-state index < -0.39 is 0 Å². The van der Waals surface area contributed by atoms with Gasteiger partial charge < -0.3 is 9.47 Å². The van der Waals surface area contributed by atoms with Crippen LogP contribution in [0.4, 0.5) is 0 Å². The van der Waals surface area contributed by atoms with Crippen LogP contribution in [0.15, 0.2) is 103 Å². The van der Waals surface area contributed by atoms with Gasteiger partial charge in [0.05, 0.1) is 11.1 Å². The van der Waals surface area contributed by atoms with Gasteiger partial charge in [-0.15, -0.1) is 0 Å². The van der Waals surface area contributed by atoms with Crippen molar-refractivity contribution in [3.8, 4) is 11.5 Å². The molecule has 0 fully saturated rings. The summed E-state index contributed by atoms with van der Waals surface area (Å²) < 4.78 is 12.5. The van der Waals surface area contributed by atoms with Crippen molar-refractivity contribution in [2.24, 2.45) is 0 Å². The SMILES string of the molecule is CCCCCCCCCCCCCCCc1cccc(OCc2ccccc2)c1C(=O)c1ccccc1OCc1ccccc1. The second-order valence-corrected chi connectivity index (χ2v) is 12.2. The highest BCUT2D eigenvalue weighted by molar-refractivity contribution is 6.13. The summed E-state index contributed by atoms with van der Waals surface area (Å²) in [5.74, 6) is 1.18. The lowest BCUT2D eigenvalue weighted by Gasteiger charge is -2.17. The van der Waals surface area contributed by atoms with E-state index in [-0.39, 0.29) is 5.78 Å². The van der Waals surface area contributed by atoms with Crippen molar-refractivity contribution in [2.75, 3.05) is 0 Å². The predicted molar refractivity (Wildman–Crippen MR) is 187 cm³/mol. The molecule has 3 nitrogen and oxygen atoms in total. The van der Waals surface area contributed by atoms with Gasteiger partial charge in [0, 0.05) is 0 Å². The van der Waals surface area contributed by atoms with Crippen molar-refractivity contribution in [1.29, 1.82) is 0 Å². The molecule has 0 amide bonds. The lowest BCUT2D eigenvalue weighted by Crippen LogP contribution is -2.11. The second-order valence-electron chi connectivity index (χ2n) is 12.2. The molecule has 4 rings (SSSR count). The number of carbonyl (C=O) groups is 1. The molecule has 4 aromatic rings. The summed E-state index contributed by atoms with van der Waals surface area (Å²) in [5, 5.41) is 0. The number of aryl methyl sites for hydroxylation is 1. The first-order valence-electron chi connectivity index (χ1n) is 17.4. The Kier molecular flexibility index (Phi) is 15.3. The van der Waals surface area contributed by atoms with E-state index in [4.69, 9.17) is 9.47 Å². The third-order valence-electron chi connectivity index (χ3n) is 8.50. The van der Waals surface area contributed by atoms with E-state index in [2.05, 4.69) is 13.0 Å². The molecule has 0 atom stereocenters. The van der Waals surface area contributed by atoms with Crippen LogP contribution >= 0.6 is 0 Å². The van der Waals surface area contributed by atoms with E-state index in [1.54, 1.807) is 0 Å². The van der Waals surface area contributed by atoms with E-state index in [9.17, 15) is 4.79 Å². The minimum atomic E-state index is -0.0491. The molecule has 0 saturated heterocycles. The number of ketones is 1. The van der Waals surface area contributed by atoms with E-state index in [0.29, 0.717) is 35.8 Å². The number of rotatable bonds is 22. The van der Waals surface area contributed by atoms with Gasteiger partial charge in [0.15, 0.2) is 0 Å². The zero-order valence-corrected chi connectivity index (χ0v) is 27.4. The van der Waals surface area contributed by atoms with Crippen molar-refractivity contribution in [1.82, 2.24) is 0 Å². The Labute approximate surface area is 272 Å². The van der Waals surface area contributed by atoms with Gasteiger partial charge in [-0.25, -0.2) is 0 Å². The van der Waals surface area contributed by atoms with E-state index >= 15 is 0 Å². The van der Waals surface area contributed by atoms with Gasteiger partial charge in [0.2, 0.25) is 5.78 Å². The van der Waals surface area contributed by atoms with Gasteiger partial charge in [0.25, 0.3) is 0 Å². The largest absolute Gasteiger partial charge is 0.488 e. The third kappa shape index (κ3) is 11.9. The smallest absolute Gasteiger partial charge is 0.200 e. The van der Waals surface area contributed by atoms with E-state index in [1.165, 1.54) is 77.0 Å². The predicted octanol–water partition coefficient (Wildman–Crippen LogP) is 11.7. The molecule has 0 radical (unpaired) electrons. The van der Waals surface area contributed by atoms with Gasteiger partial charge in [0.1, 0.15) is 24.7 Å². The molecule has 238 valence electrons. The van der Waals surface area contributed by atoms with Crippen LogP contribution in [0.1, 0.15) is 123 Å². The zero-order chi connectivity index (χ0) is 31.4. The lowest BCUT2D eigenvalue weighted by molar-refractivity contribution is 0.102. The maximum atomic E-state index is 14.3. The third-order valence-corrected chi connectivity index (χ3v) is 8.50. The molecule has 0 saturated carbocycles. The van der Waals surface area contributed by atoms with Crippen LogP contribution in [0.2, 0.25) is 0 Å². The number of hydrogen-bond acceptors (Lipinski definition) is 3. The van der Waals surface area contributed by atoms with Crippen LogP contribution in [-0.2, 0) is 19.6 Å². The van der Waals surface area contributed by atoms with Gasteiger partial charge >= 0.3 is 0 Å². The molecule has 0 unspecified atom stereocenters. The first-order valence-corrected chi connectivity index (χ1v) is 17.4. The second kappa shape index (κ2) is 20.2. The molecule has 4 aromatic carbocycles. The van der Waals surface area contributed by atoms with E-state index in [0.717, 1.165) is 29.5 Å². The molecule has 0 aliphatic heterocycles. The van der Waals surface area contributed by atoms with Crippen LogP contribution in [0.25, 0.3) is 0 Å². The average Bonchev–Trinajstić information content (AvgIpc) is 3.09. The molecule has 0 aliphatic rings. The fraction of sp³-hybridized carbons (Fsp3) is 0.405. The highest BCUT2D eigenvalue weighted by Crippen LogP contribution is 2.31. The summed E-state index contributed by atoms with van der Waals surface area (Å²) in [4.78, 5) is 14.3. The molecule has 0 spiro atoms. The zero-order valence-electron chi connectivity index (χ0n) is 27.4. The minimum absolute atomic E-state index is 0.0491. The first-order chi connectivity index (χ1) is 22.3. The quantitative estimate of drug-likeness (QED) is 0.0661. The maximum absolute atomic E-state index is 14.3. The monoisotopic (exact) mass is 604 g/mol. The fourth-order valence-corrected chi connectivity index (χ4v) is 5.88. The van der Waals surface area contributed by atoms with Crippen LogP contribution in [0, 0.1) is 0 Å². The van der Waals surface area contributed by atoms with Crippen LogP contribution in [0.3, 0.4) is 0 Å². The molecular weight excluding hydrogens is 552 g/mol. The van der Waals surface area contributed by atoms with Gasteiger partial charge in [-0.3, -0.25) is 4.79 Å². The van der Waals surface area contributed by atoms with E-state index in [1.807, 2.05) is 97.1 Å². The summed E-state index contributed by atoms with van der Waals surface area (Å²) in [6.45, 7) is 3.10. The minimum Gasteiger partial charge on any atom is -0.488 e. The van der Waals surface area contributed by atoms with Crippen molar-refractivity contribution in [2.45, 2.75) is 110 Å². The van der Waals surface area contributed by atoms with Crippen molar-refractivity contribution in [3.63, 3.8) is 0 Å². The Morgan fingerprint density at radius 1 is 0.489 bits per heavy atom. The summed E-state index contributed by atoms with van der Waals surface area (Å²) >= 11 is 0. The first kappa shape index (κ1) is 34.0. The Bertz CT molecular complexity index is 1380. The molecule has 0 aromatic heterocycles. The summed E-state index contributed by atoms with van der Waals surface area (Å²) in [6.07, 6.45) is 18.0. The standard InChI is InChI=1S/C42H52O3/c1-2-3-4-5-6-7-8-9-10-11-12-13-20-28-37-29-23-32-40(45-34-36-26-18-15-19-27-36)41(37)42(43)38-30-21-22-31-39(38)44-33-35-24-16-14-17-25-35/h14-19,21-27,29-32H,2-13,20,28,33-34H2,1H3. The topological polar surface area (TPSA) is 35.5 Å². The number of para-hydroxylation sites is 1. The molecule has 0 heterocycles. The maximum Gasteiger partial charge on any atom is 0.200 e. The lowest BCUT2D eigenvalue weighted by atomic mass is 9.93. The Hall–Kier alpha value is -3.85. The Balaban J connectivity index is 1.38. The van der Waals surface area contributed by atoms with Crippen molar-refractivity contribution >= 4 is 5.78 Å². The van der Waals surface area contributed by atoms with Gasteiger partial charge in [-0.05, 0) is 47.7 Å². The molecule has 0 N–H and O–H groups in total. The molecule has 3 heteroatoms. The average molecular weight is 605 g/mol. The molecular formula is C42H52O3. The van der Waals surface area contributed by atoms with Gasteiger partial charge in [-0.1, -0.05) is 169 Å². The highest BCUT2D eigenvalue weighted by atomic mass is 16.5. The summed E-state index contributed by atoms with van der Waals surface area (Å²) in [7, 11) is 0. The fourth-order valence-electron chi connectivity index (χ4n) is 5.88. The Morgan fingerprint density at radius 3 is 1.53 bits per heavy atom. The molecule has 45 heavy (non-hydrogen) atoms. The number of benzene rings is 4. The molecule has 0 aliphatic carbocycles. The number of ether oxygens (including phenoxy) is 2. The Morgan fingerprint density at radius 2 is 0.956 bits per heavy atom.